The number of benzene rings is 2. The SMILES string of the molecule is COC(=O)c1ccc(CN(C)C(=O)Cc2coc3cc(C)c(C)cc23)cc1. The summed E-state index contributed by atoms with van der Waals surface area (Å²) in [5.41, 5.74) is 5.49. The maximum Gasteiger partial charge on any atom is 0.337 e. The fraction of sp³-hybridized carbons (Fsp3) is 0.273. The van der Waals surface area contributed by atoms with Gasteiger partial charge in [0.1, 0.15) is 5.58 Å². The Bertz CT molecular complexity index is 985. The zero-order chi connectivity index (χ0) is 19.6. The fourth-order valence-corrected chi connectivity index (χ4v) is 3.00. The van der Waals surface area contributed by atoms with Gasteiger partial charge < -0.3 is 14.1 Å². The largest absolute Gasteiger partial charge is 0.465 e. The van der Waals surface area contributed by atoms with Crippen LogP contribution in [0, 0.1) is 13.8 Å². The second kappa shape index (κ2) is 7.66. The summed E-state index contributed by atoms with van der Waals surface area (Å²) >= 11 is 0. The van der Waals surface area contributed by atoms with E-state index in [1.807, 2.05) is 25.1 Å². The lowest BCUT2D eigenvalue weighted by Crippen LogP contribution is -2.27. The number of carbonyl (C=O) groups excluding carboxylic acids is 2. The molecule has 0 saturated heterocycles. The summed E-state index contributed by atoms with van der Waals surface area (Å²) in [7, 11) is 3.12. The summed E-state index contributed by atoms with van der Waals surface area (Å²) in [5, 5.41) is 0.988. The Hall–Kier alpha value is -3.08. The summed E-state index contributed by atoms with van der Waals surface area (Å²) in [6, 6.07) is 11.1. The highest BCUT2D eigenvalue weighted by molar-refractivity contribution is 5.89. The average Bonchev–Trinajstić information content (AvgIpc) is 3.03. The van der Waals surface area contributed by atoms with Crippen LogP contribution in [0.2, 0.25) is 0 Å². The van der Waals surface area contributed by atoms with Gasteiger partial charge in [0.15, 0.2) is 0 Å². The summed E-state index contributed by atoms with van der Waals surface area (Å²) in [6.07, 6.45) is 1.95. The maximum absolute atomic E-state index is 12.6. The molecule has 5 nitrogen and oxygen atoms in total. The molecule has 0 N–H and O–H groups in total. The van der Waals surface area contributed by atoms with Crippen molar-refractivity contribution >= 4 is 22.8 Å². The molecule has 27 heavy (non-hydrogen) atoms. The van der Waals surface area contributed by atoms with E-state index in [1.165, 1.54) is 18.2 Å². The van der Waals surface area contributed by atoms with Gasteiger partial charge in [-0.05, 0) is 54.8 Å². The predicted molar refractivity (Wildman–Crippen MR) is 104 cm³/mol. The van der Waals surface area contributed by atoms with E-state index in [0.29, 0.717) is 12.1 Å². The highest BCUT2D eigenvalue weighted by Gasteiger charge is 2.15. The second-order valence-corrected chi connectivity index (χ2v) is 6.81. The summed E-state index contributed by atoms with van der Waals surface area (Å²) in [5.74, 6) is -0.365. The normalized spacial score (nSPS) is 10.8. The standard InChI is InChI=1S/C22H23NO4/c1-14-9-19-18(13-27-20(19)10-15(14)2)11-21(24)23(3)12-16-5-7-17(8-6-16)22(25)26-4/h5-10,13H,11-12H2,1-4H3. The van der Waals surface area contributed by atoms with E-state index in [2.05, 4.69) is 13.0 Å². The van der Waals surface area contributed by atoms with Gasteiger partial charge in [0.2, 0.25) is 5.91 Å². The van der Waals surface area contributed by atoms with Crippen LogP contribution in [0.3, 0.4) is 0 Å². The molecule has 0 fully saturated rings. The third-order valence-electron chi connectivity index (χ3n) is 4.83. The average molecular weight is 365 g/mol. The van der Waals surface area contributed by atoms with Gasteiger partial charge in [-0.15, -0.1) is 0 Å². The number of amides is 1. The lowest BCUT2D eigenvalue weighted by atomic mass is 10.0. The molecule has 1 heterocycles. The Balaban J connectivity index is 1.69. The van der Waals surface area contributed by atoms with Crippen molar-refractivity contribution in [1.29, 1.82) is 0 Å². The van der Waals surface area contributed by atoms with Crippen molar-refractivity contribution in [2.75, 3.05) is 14.2 Å². The van der Waals surface area contributed by atoms with Crippen molar-refractivity contribution in [3.63, 3.8) is 0 Å². The lowest BCUT2D eigenvalue weighted by Gasteiger charge is -2.17. The highest BCUT2D eigenvalue weighted by Crippen LogP contribution is 2.25. The number of hydrogen-bond donors (Lipinski definition) is 0. The van der Waals surface area contributed by atoms with Gasteiger partial charge in [-0.25, -0.2) is 4.79 Å². The molecule has 0 bridgehead atoms. The minimum atomic E-state index is -0.372. The van der Waals surface area contributed by atoms with Gasteiger partial charge in [0.25, 0.3) is 0 Å². The lowest BCUT2D eigenvalue weighted by molar-refractivity contribution is -0.129. The van der Waals surface area contributed by atoms with E-state index in [0.717, 1.165) is 22.1 Å². The molecule has 0 unspecified atom stereocenters. The number of methoxy groups -OCH3 is 1. The Morgan fingerprint density at radius 1 is 1.07 bits per heavy atom. The van der Waals surface area contributed by atoms with E-state index in [4.69, 9.17) is 9.15 Å². The van der Waals surface area contributed by atoms with Gasteiger partial charge in [0.05, 0.1) is 25.4 Å². The highest BCUT2D eigenvalue weighted by atomic mass is 16.5. The molecule has 0 aliphatic rings. The Morgan fingerprint density at radius 3 is 2.41 bits per heavy atom. The number of aryl methyl sites for hydroxylation is 2. The van der Waals surface area contributed by atoms with Crippen LogP contribution < -0.4 is 0 Å². The van der Waals surface area contributed by atoms with Crippen molar-refractivity contribution in [3.8, 4) is 0 Å². The molecule has 5 heteroatoms. The van der Waals surface area contributed by atoms with Crippen LogP contribution in [0.25, 0.3) is 11.0 Å². The zero-order valence-electron chi connectivity index (χ0n) is 16.0. The van der Waals surface area contributed by atoms with Crippen molar-refractivity contribution in [3.05, 3.63) is 70.5 Å². The molecule has 0 spiro atoms. The van der Waals surface area contributed by atoms with Crippen LogP contribution in [0.5, 0.6) is 0 Å². The van der Waals surface area contributed by atoms with Gasteiger partial charge >= 0.3 is 5.97 Å². The fourth-order valence-electron chi connectivity index (χ4n) is 3.00. The maximum atomic E-state index is 12.6. The minimum absolute atomic E-state index is 0.00738. The van der Waals surface area contributed by atoms with Gasteiger partial charge in [-0.1, -0.05) is 12.1 Å². The van der Waals surface area contributed by atoms with E-state index in [1.54, 1.807) is 30.3 Å². The molecule has 0 saturated carbocycles. The number of furan rings is 1. The molecule has 0 aliphatic heterocycles. The van der Waals surface area contributed by atoms with Crippen LogP contribution in [0.1, 0.15) is 32.6 Å². The predicted octanol–water partition coefficient (Wildman–Crippen LogP) is 4.04. The van der Waals surface area contributed by atoms with Gasteiger partial charge in [-0.3, -0.25) is 4.79 Å². The van der Waals surface area contributed by atoms with E-state index in [-0.39, 0.29) is 18.3 Å². The van der Waals surface area contributed by atoms with Crippen molar-refractivity contribution in [2.45, 2.75) is 26.8 Å². The van der Waals surface area contributed by atoms with Crippen molar-refractivity contribution < 1.29 is 18.7 Å². The van der Waals surface area contributed by atoms with Crippen LogP contribution in [-0.4, -0.2) is 30.9 Å². The molecule has 3 aromatic rings. The van der Waals surface area contributed by atoms with Crippen LogP contribution in [0.15, 0.2) is 47.1 Å². The van der Waals surface area contributed by atoms with E-state index in [9.17, 15) is 9.59 Å². The summed E-state index contributed by atoms with van der Waals surface area (Å²) < 4.78 is 10.3. The zero-order valence-corrected chi connectivity index (χ0v) is 16.0. The van der Waals surface area contributed by atoms with Crippen LogP contribution in [-0.2, 0) is 22.5 Å². The molecular formula is C22H23NO4. The van der Waals surface area contributed by atoms with Crippen LogP contribution >= 0.6 is 0 Å². The first-order chi connectivity index (χ1) is 12.9. The molecule has 140 valence electrons. The number of likely N-dealkylation sites (N-methyl/N-ethyl adjacent to an activating group) is 1. The number of hydrogen-bond acceptors (Lipinski definition) is 4. The second-order valence-electron chi connectivity index (χ2n) is 6.81. The summed E-state index contributed by atoms with van der Waals surface area (Å²) in [4.78, 5) is 25.8. The Kier molecular flexibility index (Phi) is 5.31. The topological polar surface area (TPSA) is 59.8 Å². The first-order valence-electron chi connectivity index (χ1n) is 8.77. The van der Waals surface area contributed by atoms with Crippen LogP contribution in [0.4, 0.5) is 0 Å². The van der Waals surface area contributed by atoms with Crippen molar-refractivity contribution in [1.82, 2.24) is 4.90 Å². The smallest absolute Gasteiger partial charge is 0.337 e. The molecular weight excluding hydrogens is 342 g/mol. The number of carbonyl (C=O) groups is 2. The number of rotatable bonds is 5. The van der Waals surface area contributed by atoms with E-state index < -0.39 is 0 Å². The Morgan fingerprint density at radius 2 is 1.74 bits per heavy atom. The number of esters is 1. The molecule has 2 aromatic carbocycles. The molecule has 0 atom stereocenters. The third kappa shape index (κ3) is 4.03. The minimum Gasteiger partial charge on any atom is -0.465 e. The quantitative estimate of drug-likeness (QED) is 0.640. The molecule has 1 aromatic heterocycles. The third-order valence-corrected chi connectivity index (χ3v) is 4.83. The number of ether oxygens (including phenoxy) is 1. The van der Waals surface area contributed by atoms with Gasteiger partial charge in [-0.2, -0.15) is 0 Å². The Labute approximate surface area is 158 Å². The molecule has 3 rings (SSSR count). The molecule has 0 radical (unpaired) electrons. The van der Waals surface area contributed by atoms with Gasteiger partial charge in [0, 0.05) is 24.5 Å². The summed E-state index contributed by atoms with van der Waals surface area (Å²) in [6.45, 7) is 4.56. The first-order valence-corrected chi connectivity index (χ1v) is 8.77. The van der Waals surface area contributed by atoms with Crippen molar-refractivity contribution in [2.24, 2.45) is 0 Å². The number of fused-ring (bicyclic) bond motifs is 1. The molecule has 1 amide bonds. The van der Waals surface area contributed by atoms with E-state index >= 15 is 0 Å². The monoisotopic (exact) mass is 365 g/mol. The molecule has 0 aliphatic carbocycles. The number of nitrogens with zero attached hydrogens (tertiary/aromatic N) is 1. The first kappa shape index (κ1) is 18.7.